The van der Waals surface area contributed by atoms with E-state index < -0.39 is 5.97 Å². The highest BCUT2D eigenvalue weighted by molar-refractivity contribution is 5.88. The van der Waals surface area contributed by atoms with Gasteiger partial charge in [-0.25, -0.2) is 4.79 Å². The van der Waals surface area contributed by atoms with Crippen molar-refractivity contribution in [1.29, 1.82) is 0 Å². The summed E-state index contributed by atoms with van der Waals surface area (Å²) < 4.78 is 0. The van der Waals surface area contributed by atoms with Crippen molar-refractivity contribution in [3.8, 4) is 11.1 Å². The van der Waals surface area contributed by atoms with Crippen LogP contribution in [-0.2, 0) is 16.2 Å². The molecule has 0 bridgehead atoms. The summed E-state index contributed by atoms with van der Waals surface area (Å²) in [6.07, 6.45) is 4.11. The van der Waals surface area contributed by atoms with E-state index in [1.54, 1.807) is 12.1 Å². The minimum Gasteiger partial charge on any atom is -0.478 e. The summed E-state index contributed by atoms with van der Waals surface area (Å²) >= 11 is 0. The van der Waals surface area contributed by atoms with Crippen LogP contribution in [-0.4, -0.2) is 40.2 Å². The molecule has 1 aliphatic carbocycles. The molecule has 4 rings (SSSR count). The van der Waals surface area contributed by atoms with Crippen molar-refractivity contribution >= 4 is 11.9 Å². The molecule has 1 amide bonds. The first kappa shape index (κ1) is 26.4. The number of aromatic carboxylic acids is 1. The van der Waals surface area contributed by atoms with E-state index in [0.29, 0.717) is 17.9 Å². The quantitative estimate of drug-likeness (QED) is 0.502. The lowest BCUT2D eigenvalue weighted by molar-refractivity contribution is -0.172. The standard InChI is InChI=1S/C30H40N2O4/c1-6-25-20(3)36-32(27(25)28(33)31-26-14-15-30(4,5)17-19(26)2)18-21-8-7-9-24(16-21)22-10-12-23(13-11-22)29(34)35/h7-13,16,19-20,25-27H,6,14-15,17-18H2,1-5H3,(H,31,33)(H,34,35)/t19?,20?,25?,26-,27?/m0/s1. The average Bonchev–Trinajstić information content (AvgIpc) is 3.15. The molecular weight excluding hydrogens is 452 g/mol. The van der Waals surface area contributed by atoms with Gasteiger partial charge >= 0.3 is 5.97 Å². The highest BCUT2D eigenvalue weighted by Crippen LogP contribution is 2.39. The van der Waals surface area contributed by atoms with E-state index in [0.717, 1.165) is 42.4 Å². The summed E-state index contributed by atoms with van der Waals surface area (Å²) in [5.74, 6) is -0.276. The Morgan fingerprint density at radius 3 is 2.47 bits per heavy atom. The first-order chi connectivity index (χ1) is 17.1. The van der Waals surface area contributed by atoms with Crippen LogP contribution in [0.5, 0.6) is 0 Å². The lowest BCUT2D eigenvalue weighted by atomic mass is 9.70. The van der Waals surface area contributed by atoms with Crippen molar-refractivity contribution in [2.45, 2.75) is 85.0 Å². The number of carbonyl (C=O) groups excluding carboxylic acids is 1. The van der Waals surface area contributed by atoms with Crippen molar-refractivity contribution in [3.63, 3.8) is 0 Å². The van der Waals surface area contributed by atoms with Gasteiger partial charge in [-0.1, -0.05) is 58.0 Å². The number of carboxylic acids is 1. The second-order valence-electron chi connectivity index (χ2n) is 11.5. The number of rotatable bonds is 7. The Balaban J connectivity index is 1.50. The number of benzene rings is 2. The van der Waals surface area contributed by atoms with E-state index in [1.807, 2.05) is 35.4 Å². The lowest BCUT2D eigenvalue weighted by Gasteiger charge is -2.40. The number of carbonyl (C=O) groups is 2. The van der Waals surface area contributed by atoms with E-state index in [4.69, 9.17) is 4.84 Å². The maximum Gasteiger partial charge on any atom is 0.335 e. The van der Waals surface area contributed by atoms with Gasteiger partial charge in [-0.2, -0.15) is 5.06 Å². The summed E-state index contributed by atoms with van der Waals surface area (Å²) in [4.78, 5) is 31.1. The van der Waals surface area contributed by atoms with Gasteiger partial charge in [0.1, 0.15) is 6.04 Å². The van der Waals surface area contributed by atoms with Crippen molar-refractivity contribution in [2.75, 3.05) is 0 Å². The number of nitrogens with zero attached hydrogens (tertiary/aromatic N) is 1. The van der Waals surface area contributed by atoms with Crippen LogP contribution < -0.4 is 5.32 Å². The maximum atomic E-state index is 13.6. The van der Waals surface area contributed by atoms with Crippen LogP contribution >= 0.6 is 0 Å². The molecule has 0 aromatic heterocycles. The van der Waals surface area contributed by atoms with Crippen molar-refractivity contribution in [3.05, 3.63) is 59.7 Å². The van der Waals surface area contributed by atoms with Crippen LogP contribution in [0.3, 0.4) is 0 Å². The first-order valence-electron chi connectivity index (χ1n) is 13.2. The van der Waals surface area contributed by atoms with Gasteiger partial charge in [0.15, 0.2) is 0 Å². The van der Waals surface area contributed by atoms with Gasteiger partial charge in [0, 0.05) is 12.0 Å². The Kier molecular flexibility index (Phi) is 7.86. The third-order valence-corrected chi connectivity index (χ3v) is 8.11. The number of hydrogen-bond acceptors (Lipinski definition) is 4. The SMILES string of the molecule is CCC1C(C)ON(Cc2cccc(-c3ccc(C(=O)O)cc3)c2)C1C(=O)N[C@H]1CCC(C)(C)CC1C. The van der Waals surface area contributed by atoms with Crippen molar-refractivity contribution in [1.82, 2.24) is 10.4 Å². The summed E-state index contributed by atoms with van der Waals surface area (Å²) in [6, 6.07) is 14.9. The molecule has 2 aliphatic rings. The number of hydrogen-bond donors (Lipinski definition) is 2. The highest BCUT2D eigenvalue weighted by atomic mass is 16.7. The van der Waals surface area contributed by atoms with Crippen molar-refractivity contribution in [2.24, 2.45) is 17.3 Å². The third kappa shape index (κ3) is 5.81. The lowest BCUT2D eigenvalue weighted by Crippen LogP contribution is -2.52. The van der Waals surface area contributed by atoms with E-state index in [2.05, 4.69) is 46.0 Å². The topological polar surface area (TPSA) is 78.9 Å². The van der Waals surface area contributed by atoms with Gasteiger partial charge < -0.3 is 10.4 Å². The van der Waals surface area contributed by atoms with Crippen LogP contribution in [0.25, 0.3) is 11.1 Å². The van der Waals surface area contributed by atoms with Crippen LogP contribution in [0.2, 0.25) is 0 Å². The molecule has 1 saturated heterocycles. The van der Waals surface area contributed by atoms with Gasteiger partial charge in [0.05, 0.1) is 18.2 Å². The fourth-order valence-corrected chi connectivity index (χ4v) is 6.11. The van der Waals surface area contributed by atoms with Gasteiger partial charge in [-0.3, -0.25) is 9.63 Å². The molecule has 4 unspecified atom stereocenters. The van der Waals surface area contributed by atoms with Gasteiger partial charge in [-0.05, 0) is 78.8 Å². The second kappa shape index (κ2) is 10.7. The highest BCUT2D eigenvalue weighted by Gasteiger charge is 2.45. The smallest absolute Gasteiger partial charge is 0.335 e. The summed E-state index contributed by atoms with van der Waals surface area (Å²) in [5.41, 5.74) is 3.60. The predicted octanol–water partition coefficient (Wildman–Crippen LogP) is 5.91. The van der Waals surface area contributed by atoms with E-state index in [9.17, 15) is 14.7 Å². The molecule has 6 nitrogen and oxygen atoms in total. The first-order valence-corrected chi connectivity index (χ1v) is 13.2. The van der Waals surface area contributed by atoms with Gasteiger partial charge in [-0.15, -0.1) is 0 Å². The minimum absolute atomic E-state index is 0.0276. The normalized spacial score (nSPS) is 28.1. The van der Waals surface area contributed by atoms with Crippen LogP contribution in [0.4, 0.5) is 0 Å². The molecule has 2 aromatic rings. The molecule has 1 heterocycles. The molecule has 0 radical (unpaired) electrons. The zero-order chi connectivity index (χ0) is 26.0. The molecule has 6 heteroatoms. The van der Waals surface area contributed by atoms with Crippen LogP contribution in [0, 0.1) is 17.3 Å². The molecule has 2 aromatic carbocycles. The number of hydroxylamine groups is 2. The van der Waals surface area contributed by atoms with Crippen LogP contribution in [0.1, 0.15) is 76.2 Å². The predicted molar refractivity (Wildman–Crippen MR) is 141 cm³/mol. The number of carboxylic acid groups (broad SMARTS) is 1. The summed E-state index contributed by atoms with van der Waals surface area (Å²) in [5, 5.41) is 14.4. The molecular formula is C30H40N2O4. The number of amides is 1. The third-order valence-electron chi connectivity index (χ3n) is 8.11. The molecule has 5 atom stereocenters. The maximum absolute atomic E-state index is 13.6. The molecule has 2 N–H and O–H groups in total. The molecule has 2 fully saturated rings. The van der Waals surface area contributed by atoms with E-state index in [-0.39, 0.29) is 35.6 Å². The van der Waals surface area contributed by atoms with Gasteiger partial charge in [0.2, 0.25) is 5.91 Å². The molecule has 0 spiro atoms. The van der Waals surface area contributed by atoms with Crippen molar-refractivity contribution < 1.29 is 19.5 Å². The summed E-state index contributed by atoms with van der Waals surface area (Å²) in [7, 11) is 0. The van der Waals surface area contributed by atoms with E-state index in [1.165, 1.54) is 0 Å². The Hall–Kier alpha value is -2.70. The molecule has 36 heavy (non-hydrogen) atoms. The minimum atomic E-state index is -0.934. The molecule has 194 valence electrons. The molecule has 1 aliphatic heterocycles. The largest absolute Gasteiger partial charge is 0.478 e. The zero-order valence-electron chi connectivity index (χ0n) is 22.2. The zero-order valence-corrected chi connectivity index (χ0v) is 22.2. The van der Waals surface area contributed by atoms with E-state index >= 15 is 0 Å². The Morgan fingerprint density at radius 2 is 1.83 bits per heavy atom. The Bertz CT molecular complexity index is 1080. The number of nitrogens with one attached hydrogen (secondary N) is 1. The summed E-state index contributed by atoms with van der Waals surface area (Å²) in [6.45, 7) is 11.6. The Labute approximate surface area is 215 Å². The van der Waals surface area contributed by atoms with Gasteiger partial charge in [0.25, 0.3) is 0 Å². The Morgan fingerprint density at radius 1 is 1.11 bits per heavy atom. The fourth-order valence-electron chi connectivity index (χ4n) is 6.11. The average molecular weight is 493 g/mol. The fraction of sp³-hybridized carbons (Fsp3) is 0.533. The van der Waals surface area contributed by atoms with Crippen LogP contribution in [0.15, 0.2) is 48.5 Å². The second-order valence-corrected chi connectivity index (χ2v) is 11.5. The molecule has 1 saturated carbocycles. The monoisotopic (exact) mass is 492 g/mol.